The van der Waals surface area contributed by atoms with Gasteiger partial charge < -0.3 is 4.90 Å². The van der Waals surface area contributed by atoms with Crippen molar-refractivity contribution in [3.8, 4) is 0 Å². The smallest absolute Gasteiger partial charge is 0.0600 e. The van der Waals surface area contributed by atoms with E-state index >= 15 is 0 Å². The molecule has 0 aromatic heterocycles. The molecule has 1 rings (SSSR count). The van der Waals surface area contributed by atoms with Gasteiger partial charge in [-0.05, 0) is 40.8 Å². The molecule has 0 aliphatic heterocycles. The topological polar surface area (TPSA) is 6.48 Å². The van der Waals surface area contributed by atoms with E-state index in [1.165, 1.54) is 18.5 Å². The first-order valence-electron chi connectivity index (χ1n) is 5.01. The van der Waals surface area contributed by atoms with Crippen LogP contribution in [-0.2, 0) is 0 Å². The van der Waals surface area contributed by atoms with Gasteiger partial charge in [0, 0.05) is 18.8 Å². The molecule has 0 atom stereocenters. The predicted octanol–water partition coefficient (Wildman–Crippen LogP) is 1.93. The standard InChI is InChI=1S/C11H22N2/c1-9(2)13(6)10(3)11(7-8-11)12(4)5/h9H,3,7-8H2,1-2,4-6H3. The fourth-order valence-corrected chi connectivity index (χ4v) is 1.75. The molecule has 2 nitrogen and oxygen atoms in total. The first-order chi connectivity index (χ1) is 5.92. The van der Waals surface area contributed by atoms with Gasteiger partial charge in [0.05, 0.1) is 5.54 Å². The third-order valence-electron chi connectivity index (χ3n) is 3.32. The summed E-state index contributed by atoms with van der Waals surface area (Å²) in [5, 5.41) is 0. The molecular weight excluding hydrogens is 160 g/mol. The third-order valence-corrected chi connectivity index (χ3v) is 3.32. The Morgan fingerprint density at radius 3 is 1.92 bits per heavy atom. The van der Waals surface area contributed by atoms with Crippen molar-refractivity contribution >= 4 is 0 Å². The Kier molecular flexibility index (Phi) is 2.71. The SMILES string of the molecule is C=C(N(C)C(C)C)C1(N(C)C)CC1. The highest BCUT2D eigenvalue weighted by molar-refractivity contribution is 5.25. The van der Waals surface area contributed by atoms with Gasteiger partial charge in [0.2, 0.25) is 0 Å². The zero-order chi connectivity index (χ0) is 10.2. The summed E-state index contributed by atoms with van der Waals surface area (Å²) in [5.41, 5.74) is 1.55. The van der Waals surface area contributed by atoms with Gasteiger partial charge in [-0.3, -0.25) is 4.90 Å². The molecule has 0 radical (unpaired) electrons. The highest BCUT2D eigenvalue weighted by atomic mass is 15.3. The Morgan fingerprint density at radius 1 is 1.23 bits per heavy atom. The third kappa shape index (κ3) is 1.73. The molecule has 1 saturated carbocycles. The molecule has 0 saturated heterocycles. The molecule has 76 valence electrons. The highest BCUT2D eigenvalue weighted by Crippen LogP contribution is 2.46. The van der Waals surface area contributed by atoms with Gasteiger partial charge >= 0.3 is 0 Å². The summed E-state index contributed by atoms with van der Waals surface area (Å²) in [6, 6.07) is 0.546. The molecule has 2 heteroatoms. The van der Waals surface area contributed by atoms with Crippen molar-refractivity contribution in [3.63, 3.8) is 0 Å². The largest absolute Gasteiger partial charge is 0.374 e. The Labute approximate surface area is 82.2 Å². The van der Waals surface area contributed by atoms with Gasteiger partial charge in [-0.1, -0.05) is 6.58 Å². The maximum absolute atomic E-state index is 4.22. The monoisotopic (exact) mass is 182 g/mol. The fourth-order valence-electron chi connectivity index (χ4n) is 1.75. The lowest BCUT2D eigenvalue weighted by atomic mass is 10.1. The lowest BCUT2D eigenvalue weighted by Gasteiger charge is -2.35. The summed E-state index contributed by atoms with van der Waals surface area (Å²) in [4.78, 5) is 4.58. The molecule has 1 aliphatic carbocycles. The fraction of sp³-hybridized carbons (Fsp3) is 0.818. The zero-order valence-electron chi connectivity index (χ0n) is 9.59. The molecule has 0 aromatic carbocycles. The van der Waals surface area contributed by atoms with Crippen molar-refractivity contribution in [2.24, 2.45) is 0 Å². The van der Waals surface area contributed by atoms with Crippen molar-refractivity contribution in [2.45, 2.75) is 38.3 Å². The minimum absolute atomic E-state index is 0.277. The molecule has 0 unspecified atom stereocenters. The van der Waals surface area contributed by atoms with Crippen LogP contribution in [0.5, 0.6) is 0 Å². The Bertz CT molecular complexity index is 202. The van der Waals surface area contributed by atoms with Crippen molar-refractivity contribution < 1.29 is 0 Å². The lowest BCUT2D eigenvalue weighted by molar-refractivity contribution is 0.227. The van der Waals surface area contributed by atoms with E-state index in [0.29, 0.717) is 6.04 Å². The van der Waals surface area contributed by atoms with E-state index in [1.807, 2.05) is 0 Å². The maximum atomic E-state index is 4.22. The van der Waals surface area contributed by atoms with E-state index in [1.54, 1.807) is 0 Å². The minimum Gasteiger partial charge on any atom is -0.374 e. The van der Waals surface area contributed by atoms with Crippen LogP contribution in [0.15, 0.2) is 12.3 Å². The molecule has 0 aromatic rings. The van der Waals surface area contributed by atoms with Crippen LogP contribution in [-0.4, -0.2) is 42.5 Å². The summed E-state index contributed by atoms with van der Waals surface area (Å²) >= 11 is 0. The average Bonchev–Trinajstić information content (AvgIpc) is 2.81. The summed E-state index contributed by atoms with van der Waals surface area (Å²) in [6.45, 7) is 8.63. The number of rotatable bonds is 4. The number of hydrogen-bond donors (Lipinski definition) is 0. The second-order valence-corrected chi connectivity index (χ2v) is 4.58. The Morgan fingerprint density at radius 2 is 1.69 bits per heavy atom. The molecular formula is C11H22N2. The van der Waals surface area contributed by atoms with E-state index in [2.05, 4.69) is 51.4 Å². The van der Waals surface area contributed by atoms with Crippen LogP contribution in [0.4, 0.5) is 0 Å². The van der Waals surface area contributed by atoms with E-state index < -0.39 is 0 Å². The van der Waals surface area contributed by atoms with Crippen LogP contribution in [0.3, 0.4) is 0 Å². The van der Waals surface area contributed by atoms with Gasteiger partial charge in [0.1, 0.15) is 0 Å². The van der Waals surface area contributed by atoms with Crippen molar-refractivity contribution in [3.05, 3.63) is 12.3 Å². The van der Waals surface area contributed by atoms with Gasteiger partial charge in [0.15, 0.2) is 0 Å². The second-order valence-electron chi connectivity index (χ2n) is 4.58. The van der Waals surface area contributed by atoms with E-state index in [-0.39, 0.29) is 5.54 Å². The van der Waals surface area contributed by atoms with Gasteiger partial charge in [0.25, 0.3) is 0 Å². The summed E-state index contributed by atoms with van der Waals surface area (Å²) in [5.74, 6) is 0. The summed E-state index contributed by atoms with van der Waals surface area (Å²) in [6.07, 6.45) is 2.52. The van der Waals surface area contributed by atoms with Crippen LogP contribution in [0.1, 0.15) is 26.7 Å². The number of likely N-dealkylation sites (N-methyl/N-ethyl adjacent to an activating group) is 2. The van der Waals surface area contributed by atoms with E-state index in [4.69, 9.17) is 0 Å². The van der Waals surface area contributed by atoms with Crippen LogP contribution in [0.2, 0.25) is 0 Å². The zero-order valence-corrected chi connectivity index (χ0v) is 9.59. The van der Waals surface area contributed by atoms with Crippen molar-refractivity contribution in [1.29, 1.82) is 0 Å². The summed E-state index contributed by atoms with van der Waals surface area (Å²) in [7, 11) is 6.43. The highest BCUT2D eigenvalue weighted by Gasteiger charge is 2.48. The summed E-state index contributed by atoms with van der Waals surface area (Å²) < 4.78 is 0. The molecule has 0 spiro atoms. The number of nitrogens with zero attached hydrogens (tertiary/aromatic N) is 2. The van der Waals surface area contributed by atoms with E-state index in [9.17, 15) is 0 Å². The van der Waals surface area contributed by atoms with Gasteiger partial charge in [-0.25, -0.2) is 0 Å². The second kappa shape index (κ2) is 3.33. The lowest BCUT2D eigenvalue weighted by Crippen LogP contribution is -2.40. The van der Waals surface area contributed by atoms with Crippen molar-refractivity contribution in [2.75, 3.05) is 21.1 Å². The quantitative estimate of drug-likeness (QED) is 0.655. The number of hydrogen-bond acceptors (Lipinski definition) is 2. The van der Waals surface area contributed by atoms with Crippen LogP contribution >= 0.6 is 0 Å². The minimum atomic E-state index is 0.277. The molecule has 1 fully saturated rings. The molecule has 0 bridgehead atoms. The van der Waals surface area contributed by atoms with Gasteiger partial charge in [-0.2, -0.15) is 0 Å². The molecule has 0 heterocycles. The predicted molar refractivity (Wildman–Crippen MR) is 57.7 cm³/mol. The van der Waals surface area contributed by atoms with Crippen molar-refractivity contribution in [1.82, 2.24) is 9.80 Å². The molecule has 0 N–H and O–H groups in total. The van der Waals surface area contributed by atoms with Crippen LogP contribution in [0.25, 0.3) is 0 Å². The van der Waals surface area contributed by atoms with E-state index in [0.717, 1.165) is 0 Å². The molecule has 0 amide bonds. The first kappa shape index (κ1) is 10.6. The van der Waals surface area contributed by atoms with Crippen LogP contribution < -0.4 is 0 Å². The molecule has 13 heavy (non-hydrogen) atoms. The Hall–Kier alpha value is -0.500. The van der Waals surface area contributed by atoms with Gasteiger partial charge in [-0.15, -0.1) is 0 Å². The molecule has 1 aliphatic rings. The normalized spacial score (nSPS) is 19.3. The average molecular weight is 182 g/mol. The van der Waals surface area contributed by atoms with Crippen LogP contribution in [0, 0.1) is 0 Å². The Balaban J connectivity index is 2.68. The first-order valence-corrected chi connectivity index (χ1v) is 5.01. The maximum Gasteiger partial charge on any atom is 0.0600 e.